The Morgan fingerprint density at radius 1 is 1.53 bits per heavy atom. The third kappa shape index (κ3) is 3.80. The van der Waals surface area contributed by atoms with Crippen LogP contribution in [0.25, 0.3) is 0 Å². The van der Waals surface area contributed by atoms with E-state index in [2.05, 4.69) is 31.2 Å². The fourth-order valence-electron chi connectivity index (χ4n) is 2.60. The molecule has 2 heterocycles. The molecule has 19 heavy (non-hydrogen) atoms. The monoisotopic (exact) mass is 266 g/mol. The quantitative estimate of drug-likeness (QED) is 0.902. The first-order valence-electron chi connectivity index (χ1n) is 6.74. The average molecular weight is 266 g/mol. The first kappa shape index (κ1) is 14.1. The molecule has 0 unspecified atom stereocenters. The number of amides is 1. The third-order valence-corrected chi connectivity index (χ3v) is 3.46. The van der Waals surface area contributed by atoms with Gasteiger partial charge < -0.3 is 14.6 Å². The van der Waals surface area contributed by atoms with Crippen LogP contribution in [0.15, 0.2) is 16.9 Å². The second-order valence-corrected chi connectivity index (χ2v) is 6.18. The van der Waals surface area contributed by atoms with Gasteiger partial charge in [-0.15, -0.1) is 0 Å². The minimum absolute atomic E-state index is 0.0199. The van der Waals surface area contributed by atoms with Crippen LogP contribution in [0.4, 0.5) is 0 Å². The number of carbonyl (C=O) groups is 1. The molecule has 106 valence electrons. The maximum Gasteiger partial charge on any atom is 0.226 e. The molecule has 1 aliphatic heterocycles. The van der Waals surface area contributed by atoms with Gasteiger partial charge in [-0.05, 0) is 11.8 Å². The molecular formula is C14H22N2O3. The van der Waals surface area contributed by atoms with E-state index in [-0.39, 0.29) is 23.8 Å². The summed E-state index contributed by atoms with van der Waals surface area (Å²) in [7, 11) is 0. The van der Waals surface area contributed by atoms with Gasteiger partial charge in [-0.2, -0.15) is 0 Å². The van der Waals surface area contributed by atoms with Crippen LogP contribution in [0.5, 0.6) is 0 Å². The van der Waals surface area contributed by atoms with Crippen LogP contribution in [-0.4, -0.2) is 30.3 Å². The molecule has 1 aromatic rings. The van der Waals surface area contributed by atoms with Crippen molar-refractivity contribution in [3.63, 3.8) is 0 Å². The van der Waals surface area contributed by atoms with Gasteiger partial charge in [0.25, 0.3) is 0 Å². The molecule has 5 heteroatoms. The highest BCUT2D eigenvalue weighted by atomic mass is 16.5. The van der Waals surface area contributed by atoms with Gasteiger partial charge in [-0.1, -0.05) is 25.9 Å². The molecule has 1 saturated heterocycles. The van der Waals surface area contributed by atoms with Crippen molar-refractivity contribution in [3.05, 3.63) is 18.0 Å². The van der Waals surface area contributed by atoms with Crippen molar-refractivity contribution in [1.29, 1.82) is 0 Å². The number of nitrogens with zero attached hydrogens (tertiary/aromatic N) is 1. The summed E-state index contributed by atoms with van der Waals surface area (Å²) in [4.78, 5) is 11.8. The van der Waals surface area contributed by atoms with Crippen LogP contribution < -0.4 is 5.32 Å². The highest BCUT2D eigenvalue weighted by molar-refractivity contribution is 5.77. The van der Waals surface area contributed by atoms with E-state index >= 15 is 0 Å². The van der Waals surface area contributed by atoms with Crippen molar-refractivity contribution in [1.82, 2.24) is 10.5 Å². The van der Waals surface area contributed by atoms with Crippen molar-refractivity contribution in [3.8, 4) is 0 Å². The van der Waals surface area contributed by atoms with Gasteiger partial charge in [0.05, 0.1) is 18.2 Å². The summed E-state index contributed by atoms with van der Waals surface area (Å²) in [5, 5.41) is 6.69. The molecule has 0 radical (unpaired) electrons. The first-order valence-corrected chi connectivity index (χ1v) is 6.74. The summed E-state index contributed by atoms with van der Waals surface area (Å²) in [5.74, 6) is 0.370. The number of carbonyl (C=O) groups excluding carboxylic acids is 1. The van der Waals surface area contributed by atoms with Gasteiger partial charge in [0.2, 0.25) is 5.91 Å². The summed E-state index contributed by atoms with van der Waals surface area (Å²) in [6.45, 7) is 7.97. The lowest BCUT2D eigenvalue weighted by Gasteiger charge is -2.31. The predicted molar refractivity (Wildman–Crippen MR) is 70.5 cm³/mol. The second kappa shape index (κ2) is 5.74. The van der Waals surface area contributed by atoms with E-state index in [0.29, 0.717) is 18.2 Å². The molecular weight excluding hydrogens is 244 g/mol. The third-order valence-electron chi connectivity index (χ3n) is 3.46. The van der Waals surface area contributed by atoms with Crippen molar-refractivity contribution < 1.29 is 14.1 Å². The van der Waals surface area contributed by atoms with Crippen LogP contribution in [0.3, 0.4) is 0 Å². The fourth-order valence-corrected chi connectivity index (χ4v) is 2.60. The lowest BCUT2D eigenvalue weighted by molar-refractivity contribution is -0.120. The Morgan fingerprint density at radius 3 is 2.95 bits per heavy atom. The molecule has 2 rings (SSSR count). The van der Waals surface area contributed by atoms with E-state index in [1.54, 1.807) is 6.07 Å². The summed E-state index contributed by atoms with van der Waals surface area (Å²) < 4.78 is 10.5. The molecule has 0 bridgehead atoms. The van der Waals surface area contributed by atoms with E-state index in [1.165, 1.54) is 6.26 Å². The maximum absolute atomic E-state index is 11.8. The Bertz CT molecular complexity index is 409. The molecule has 2 atom stereocenters. The molecule has 0 aromatic carbocycles. The summed E-state index contributed by atoms with van der Waals surface area (Å²) in [6, 6.07) is 1.70. The van der Waals surface area contributed by atoms with Gasteiger partial charge in [-0.25, -0.2) is 0 Å². The minimum atomic E-state index is -0.0199. The minimum Gasteiger partial charge on any atom is -0.377 e. The zero-order chi connectivity index (χ0) is 13.9. The van der Waals surface area contributed by atoms with Crippen LogP contribution >= 0.6 is 0 Å². The highest BCUT2D eigenvalue weighted by Crippen LogP contribution is 2.34. The van der Waals surface area contributed by atoms with Crippen molar-refractivity contribution in [2.75, 3.05) is 13.2 Å². The molecule has 1 aliphatic rings. The van der Waals surface area contributed by atoms with Gasteiger partial charge >= 0.3 is 0 Å². The lowest BCUT2D eigenvalue weighted by Crippen LogP contribution is -2.39. The summed E-state index contributed by atoms with van der Waals surface area (Å²) >= 11 is 0. The standard InChI is InChI=1S/C14H22N2O3/c1-14(2,3)13-10(4-6-18-13)9-15-12(17)8-11-5-7-19-16-11/h5,7,10,13H,4,6,8-9H2,1-3H3,(H,15,17)/t10-,13+/m1/s1. The maximum atomic E-state index is 11.8. The van der Waals surface area contributed by atoms with E-state index in [9.17, 15) is 4.79 Å². The Morgan fingerprint density at radius 2 is 2.32 bits per heavy atom. The Balaban J connectivity index is 1.80. The van der Waals surface area contributed by atoms with Crippen LogP contribution in [0.2, 0.25) is 0 Å². The van der Waals surface area contributed by atoms with Gasteiger partial charge in [0, 0.05) is 25.1 Å². The van der Waals surface area contributed by atoms with Crippen molar-refractivity contribution in [2.24, 2.45) is 11.3 Å². The molecule has 0 saturated carbocycles. The number of aromatic nitrogens is 1. The molecule has 5 nitrogen and oxygen atoms in total. The number of nitrogens with one attached hydrogen (secondary N) is 1. The van der Waals surface area contributed by atoms with Crippen molar-refractivity contribution in [2.45, 2.75) is 39.7 Å². The van der Waals surface area contributed by atoms with E-state index < -0.39 is 0 Å². The second-order valence-electron chi connectivity index (χ2n) is 6.18. The van der Waals surface area contributed by atoms with E-state index in [1.807, 2.05) is 0 Å². The molecule has 1 aromatic heterocycles. The van der Waals surface area contributed by atoms with Crippen LogP contribution in [-0.2, 0) is 16.0 Å². The van der Waals surface area contributed by atoms with E-state index in [0.717, 1.165) is 13.0 Å². The average Bonchev–Trinajstić information content (AvgIpc) is 2.95. The predicted octanol–water partition coefficient (Wildman–Crippen LogP) is 1.78. The molecule has 1 amide bonds. The normalized spacial score (nSPS) is 23.5. The Hall–Kier alpha value is -1.36. The van der Waals surface area contributed by atoms with Gasteiger partial charge in [0.1, 0.15) is 6.26 Å². The summed E-state index contributed by atoms with van der Waals surface area (Å²) in [6.07, 6.45) is 2.96. The topological polar surface area (TPSA) is 64.4 Å². The first-order chi connectivity index (χ1) is 8.97. The fraction of sp³-hybridized carbons (Fsp3) is 0.714. The number of rotatable bonds is 4. The molecule has 1 N–H and O–H groups in total. The van der Waals surface area contributed by atoms with E-state index in [4.69, 9.17) is 9.26 Å². The van der Waals surface area contributed by atoms with Crippen molar-refractivity contribution >= 4 is 5.91 Å². The highest BCUT2D eigenvalue weighted by Gasteiger charge is 2.37. The Kier molecular flexibility index (Phi) is 4.24. The van der Waals surface area contributed by atoms with Gasteiger partial charge in [0.15, 0.2) is 0 Å². The van der Waals surface area contributed by atoms with Crippen LogP contribution in [0, 0.1) is 11.3 Å². The van der Waals surface area contributed by atoms with Gasteiger partial charge in [-0.3, -0.25) is 4.79 Å². The smallest absolute Gasteiger partial charge is 0.226 e. The molecule has 0 spiro atoms. The Labute approximate surface area is 113 Å². The number of hydrogen-bond donors (Lipinski definition) is 1. The lowest BCUT2D eigenvalue weighted by atomic mass is 9.81. The largest absolute Gasteiger partial charge is 0.377 e. The number of ether oxygens (including phenoxy) is 1. The SMILES string of the molecule is CC(C)(C)[C@H]1OCC[C@@H]1CNC(=O)Cc1ccon1. The van der Waals surface area contributed by atoms with Crippen LogP contribution in [0.1, 0.15) is 32.9 Å². The molecule has 1 fully saturated rings. The summed E-state index contributed by atoms with van der Waals surface area (Å²) in [5.41, 5.74) is 0.769. The zero-order valence-electron chi connectivity index (χ0n) is 11.8. The molecule has 0 aliphatic carbocycles. The number of hydrogen-bond acceptors (Lipinski definition) is 4. The zero-order valence-corrected chi connectivity index (χ0v) is 11.8.